The highest BCUT2D eigenvalue weighted by atomic mass is 16.2. The summed E-state index contributed by atoms with van der Waals surface area (Å²) < 4.78 is 0. The minimum Gasteiger partial charge on any atom is -0.383 e. The number of aromatic nitrogens is 1. The van der Waals surface area contributed by atoms with Crippen LogP contribution in [0.4, 0.5) is 22.9 Å². The number of nitrogen functional groups attached to an aromatic ring is 1. The molecule has 228 valence electrons. The van der Waals surface area contributed by atoms with E-state index >= 15 is 0 Å². The number of nitrogens with two attached hydrogens (primary N) is 1. The topological polar surface area (TPSA) is 124 Å². The first kappa shape index (κ1) is 33.0. The zero-order valence-electron chi connectivity index (χ0n) is 26.2. The van der Waals surface area contributed by atoms with Crippen LogP contribution in [-0.4, -0.2) is 40.5 Å². The molecule has 1 unspecified atom stereocenters. The Morgan fingerprint density at radius 2 is 1.95 bits per heavy atom. The highest BCUT2D eigenvalue weighted by molar-refractivity contribution is 6.08. The molecular weight excluding hydrogens is 536 g/mol. The molecule has 0 saturated carbocycles. The summed E-state index contributed by atoms with van der Waals surface area (Å²) in [5, 5.41) is 14.6. The lowest BCUT2D eigenvalue weighted by atomic mass is 9.97. The Hall–Kier alpha value is -4.46. The molecule has 2 heterocycles. The Morgan fingerprint density at radius 3 is 2.60 bits per heavy atom. The number of pyridine rings is 1. The first-order chi connectivity index (χ1) is 20.5. The molecule has 1 saturated heterocycles. The van der Waals surface area contributed by atoms with Crippen LogP contribution in [0.15, 0.2) is 67.4 Å². The zero-order chi connectivity index (χ0) is 31.5. The number of anilines is 4. The number of piperidine rings is 1. The number of hydrogen-bond donors (Lipinski definition) is 4. The molecule has 1 atom stereocenters. The zero-order valence-corrected chi connectivity index (χ0v) is 26.2. The van der Waals surface area contributed by atoms with Crippen LogP contribution in [0, 0.1) is 18.3 Å². The number of benzene rings is 2. The lowest BCUT2D eigenvalue weighted by molar-refractivity contribution is -0.127. The Kier molecular flexibility index (Phi) is 12.0. The van der Waals surface area contributed by atoms with E-state index in [4.69, 9.17) is 11.1 Å². The Morgan fingerprint density at radius 1 is 1.19 bits per heavy atom. The third-order valence-electron chi connectivity index (χ3n) is 7.48. The fraction of sp³-hybridized carbons (Fsp3) is 0.371. The summed E-state index contributed by atoms with van der Waals surface area (Å²) >= 11 is 0. The van der Waals surface area contributed by atoms with Crippen molar-refractivity contribution in [3.63, 3.8) is 0 Å². The Bertz CT molecular complexity index is 1450. The van der Waals surface area contributed by atoms with Gasteiger partial charge in [-0.1, -0.05) is 52.8 Å². The van der Waals surface area contributed by atoms with Crippen LogP contribution in [0.5, 0.6) is 0 Å². The van der Waals surface area contributed by atoms with Gasteiger partial charge in [0.05, 0.1) is 11.3 Å². The van der Waals surface area contributed by atoms with Crippen molar-refractivity contribution in [1.29, 1.82) is 5.41 Å². The molecule has 3 aromatic rings. The van der Waals surface area contributed by atoms with Crippen LogP contribution in [0.2, 0.25) is 0 Å². The fourth-order valence-corrected chi connectivity index (χ4v) is 5.29. The number of carbonyl (C=O) groups is 2. The Balaban J connectivity index is 0.000000386. The van der Waals surface area contributed by atoms with Gasteiger partial charge in [0.15, 0.2) is 0 Å². The maximum atomic E-state index is 12.9. The second-order valence-electron chi connectivity index (χ2n) is 11.5. The van der Waals surface area contributed by atoms with E-state index in [1.807, 2.05) is 36.1 Å². The van der Waals surface area contributed by atoms with E-state index in [2.05, 4.69) is 56.0 Å². The SMILES string of the molecule is C=CC(=O)N1CCCC(C)C1.CCCC(=N)c1c(Nc2cccc(C(=O)Nc3ccc(C(C)C)c(C)c3)c2)ccnc1N. The van der Waals surface area contributed by atoms with E-state index in [-0.39, 0.29) is 11.8 Å². The molecule has 1 fully saturated rings. The van der Waals surface area contributed by atoms with E-state index in [0.29, 0.717) is 46.6 Å². The summed E-state index contributed by atoms with van der Waals surface area (Å²) in [6.45, 7) is 15.9. The number of rotatable bonds is 9. The maximum absolute atomic E-state index is 12.9. The van der Waals surface area contributed by atoms with Gasteiger partial charge in [-0.15, -0.1) is 0 Å². The number of hydrogen-bond acceptors (Lipinski definition) is 6. The first-order valence-electron chi connectivity index (χ1n) is 15.1. The second kappa shape index (κ2) is 15.7. The number of likely N-dealkylation sites (tertiary alicyclic amines) is 1. The molecular formula is C35H46N6O2. The number of carbonyl (C=O) groups excluding carboxylic acids is 2. The van der Waals surface area contributed by atoms with Gasteiger partial charge < -0.3 is 26.7 Å². The van der Waals surface area contributed by atoms with Crippen LogP contribution in [0.3, 0.4) is 0 Å². The lowest BCUT2D eigenvalue weighted by Crippen LogP contribution is -2.37. The highest BCUT2D eigenvalue weighted by Crippen LogP contribution is 2.27. The van der Waals surface area contributed by atoms with Crippen LogP contribution in [0.25, 0.3) is 0 Å². The van der Waals surface area contributed by atoms with Gasteiger partial charge in [0.1, 0.15) is 5.82 Å². The van der Waals surface area contributed by atoms with Crippen molar-refractivity contribution >= 4 is 40.4 Å². The van der Waals surface area contributed by atoms with Crippen molar-refractivity contribution in [1.82, 2.24) is 9.88 Å². The molecule has 2 aromatic carbocycles. The molecule has 2 amide bonds. The predicted molar refractivity (Wildman–Crippen MR) is 179 cm³/mol. The Labute approximate surface area is 256 Å². The fourth-order valence-electron chi connectivity index (χ4n) is 5.29. The standard InChI is InChI=1S/C26H31N5O.C9H15NO/c1-5-7-22(27)24-23(12-13-29-25(24)28)30-19-9-6-8-18(15-19)26(32)31-20-10-11-21(16(2)3)17(4)14-20;1-3-9(11)10-6-4-5-8(2)7-10/h6,8-16,27H,5,7H2,1-4H3,(H,31,32)(H3,28,29,30);3,8H,1,4-7H2,2H3. The van der Waals surface area contributed by atoms with Crippen LogP contribution in [0.1, 0.15) is 86.3 Å². The molecule has 1 aliphatic heterocycles. The largest absolute Gasteiger partial charge is 0.383 e. The molecule has 0 spiro atoms. The minimum absolute atomic E-state index is 0.0801. The van der Waals surface area contributed by atoms with Gasteiger partial charge in [-0.25, -0.2) is 4.98 Å². The molecule has 4 rings (SSSR count). The van der Waals surface area contributed by atoms with Gasteiger partial charge in [-0.05, 0) is 91.6 Å². The van der Waals surface area contributed by atoms with Gasteiger partial charge in [-0.2, -0.15) is 0 Å². The minimum atomic E-state index is -0.182. The molecule has 0 aliphatic carbocycles. The number of nitrogens with one attached hydrogen (secondary N) is 3. The van der Waals surface area contributed by atoms with E-state index in [1.54, 1.807) is 24.4 Å². The summed E-state index contributed by atoms with van der Waals surface area (Å²) in [7, 11) is 0. The monoisotopic (exact) mass is 582 g/mol. The van der Waals surface area contributed by atoms with Crippen LogP contribution >= 0.6 is 0 Å². The van der Waals surface area contributed by atoms with E-state index in [0.717, 1.165) is 42.9 Å². The van der Waals surface area contributed by atoms with Gasteiger partial charge in [0.25, 0.3) is 5.91 Å². The summed E-state index contributed by atoms with van der Waals surface area (Å²) in [6.07, 6.45) is 6.86. The highest BCUT2D eigenvalue weighted by Gasteiger charge is 2.18. The number of aryl methyl sites for hydroxylation is 1. The van der Waals surface area contributed by atoms with Crippen LogP contribution < -0.4 is 16.4 Å². The van der Waals surface area contributed by atoms with Gasteiger partial charge in [0.2, 0.25) is 5.91 Å². The quantitative estimate of drug-likeness (QED) is 0.152. The average Bonchev–Trinajstić information content (AvgIpc) is 2.97. The summed E-state index contributed by atoms with van der Waals surface area (Å²) in [6, 6.07) is 15.1. The third kappa shape index (κ3) is 9.26. The molecule has 1 aliphatic rings. The van der Waals surface area contributed by atoms with E-state index in [1.165, 1.54) is 18.1 Å². The summed E-state index contributed by atoms with van der Waals surface area (Å²) in [5.41, 5.74) is 12.3. The third-order valence-corrected chi connectivity index (χ3v) is 7.48. The van der Waals surface area contributed by atoms with Gasteiger partial charge in [0, 0.05) is 41.9 Å². The van der Waals surface area contributed by atoms with Crippen molar-refractivity contribution < 1.29 is 9.59 Å². The molecule has 1 aromatic heterocycles. The van der Waals surface area contributed by atoms with Crippen molar-refractivity contribution in [3.05, 3.63) is 89.6 Å². The molecule has 8 nitrogen and oxygen atoms in total. The maximum Gasteiger partial charge on any atom is 0.255 e. The molecule has 0 bridgehead atoms. The van der Waals surface area contributed by atoms with Crippen LogP contribution in [-0.2, 0) is 4.79 Å². The normalized spacial score (nSPS) is 14.4. The van der Waals surface area contributed by atoms with Crippen molar-refractivity contribution in [3.8, 4) is 0 Å². The van der Waals surface area contributed by atoms with Crippen molar-refractivity contribution in [2.45, 2.75) is 66.2 Å². The van der Waals surface area contributed by atoms with Crippen molar-refractivity contribution in [2.24, 2.45) is 5.92 Å². The summed E-state index contributed by atoms with van der Waals surface area (Å²) in [4.78, 5) is 30.0. The summed E-state index contributed by atoms with van der Waals surface area (Å²) in [5.74, 6) is 1.32. The molecule has 43 heavy (non-hydrogen) atoms. The van der Waals surface area contributed by atoms with Crippen molar-refractivity contribution in [2.75, 3.05) is 29.5 Å². The number of amides is 2. The number of nitrogens with zero attached hydrogens (tertiary/aromatic N) is 2. The average molecular weight is 583 g/mol. The second-order valence-corrected chi connectivity index (χ2v) is 11.5. The van der Waals surface area contributed by atoms with E-state index < -0.39 is 0 Å². The lowest BCUT2D eigenvalue weighted by Gasteiger charge is -2.29. The van der Waals surface area contributed by atoms with E-state index in [9.17, 15) is 9.59 Å². The predicted octanol–water partition coefficient (Wildman–Crippen LogP) is 7.69. The smallest absolute Gasteiger partial charge is 0.255 e. The van der Waals surface area contributed by atoms with Gasteiger partial charge >= 0.3 is 0 Å². The molecule has 0 radical (unpaired) electrons. The van der Waals surface area contributed by atoms with Gasteiger partial charge in [-0.3, -0.25) is 9.59 Å². The first-order valence-corrected chi connectivity index (χ1v) is 15.1. The molecule has 8 heteroatoms. The molecule has 5 N–H and O–H groups in total.